The molecule has 0 aromatic heterocycles. The van der Waals surface area contributed by atoms with E-state index in [1.54, 1.807) is 12.1 Å². The van der Waals surface area contributed by atoms with E-state index in [9.17, 15) is 14.0 Å². The maximum absolute atomic E-state index is 13.2. The fourth-order valence-electron chi connectivity index (χ4n) is 3.79. The van der Waals surface area contributed by atoms with E-state index in [2.05, 4.69) is 41.8 Å². The second-order valence-electron chi connectivity index (χ2n) is 8.03. The predicted molar refractivity (Wildman–Crippen MR) is 117 cm³/mol. The molecule has 0 aliphatic carbocycles. The Balaban J connectivity index is 1.38. The largest absolute Gasteiger partial charge is 0.342 e. The number of halogens is 1. The van der Waals surface area contributed by atoms with E-state index in [4.69, 9.17) is 0 Å². The summed E-state index contributed by atoms with van der Waals surface area (Å²) in [7, 11) is 0. The number of hydrogen-bond acceptors (Lipinski definition) is 2. The van der Waals surface area contributed by atoms with Gasteiger partial charge in [0.1, 0.15) is 5.82 Å². The van der Waals surface area contributed by atoms with Crippen LogP contribution in [0.4, 0.5) is 14.9 Å². The first-order valence-corrected chi connectivity index (χ1v) is 10.6. The summed E-state index contributed by atoms with van der Waals surface area (Å²) in [6.45, 7) is 4.02. The van der Waals surface area contributed by atoms with Gasteiger partial charge in [0.2, 0.25) is 5.91 Å². The number of piperidine rings is 1. The van der Waals surface area contributed by atoms with Crippen LogP contribution in [0.15, 0.2) is 48.5 Å². The average molecular weight is 412 g/mol. The van der Waals surface area contributed by atoms with Crippen LogP contribution in [0, 0.1) is 18.7 Å². The van der Waals surface area contributed by atoms with Crippen LogP contribution < -0.4 is 10.6 Å². The molecule has 2 aromatic carbocycles. The first kappa shape index (κ1) is 21.8. The first-order chi connectivity index (χ1) is 14.5. The summed E-state index contributed by atoms with van der Waals surface area (Å²) in [6.07, 6.45) is 4.23. The minimum atomic E-state index is -0.392. The molecule has 3 rings (SSSR count). The normalized spacial score (nSPS) is 16.2. The van der Waals surface area contributed by atoms with Gasteiger partial charge in [-0.3, -0.25) is 4.79 Å². The van der Waals surface area contributed by atoms with Crippen LogP contribution in [0.25, 0.3) is 0 Å². The average Bonchev–Trinajstić information content (AvgIpc) is 2.74. The summed E-state index contributed by atoms with van der Waals surface area (Å²) in [5.41, 5.74) is 2.92. The second-order valence-corrected chi connectivity index (χ2v) is 8.03. The number of aryl methyl sites for hydroxylation is 2. The molecule has 160 valence electrons. The molecule has 0 bridgehead atoms. The summed E-state index contributed by atoms with van der Waals surface area (Å²) in [5.74, 6) is 0.0331. The molecule has 2 N–H and O–H groups in total. The van der Waals surface area contributed by atoms with Gasteiger partial charge in [0.15, 0.2) is 0 Å². The molecule has 1 fully saturated rings. The van der Waals surface area contributed by atoms with Crippen LogP contribution in [0.3, 0.4) is 0 Å². The van der Waals surface area contributed by atoms with Gasteiger partial charge in [0, 0.05) is 31.7 Å². The van der Waals surface area contributed by atoms with Crippen LogP contribution in [-0.2, 0) is 11.2 Å². The Morgan fingerprint density at radius 3 is 2.73 bits per heavy atom. The lowest BCUT2D eigenvalue weighted by Crippen LogP contribution is -2.44. The SMILES string of the molecule is Cc1ccc(CCCC(=O)N2CCCC(CNC(=O)Nc3cccc(F)c3)C2)cc1. The number of nitrogens with zero attached hydrogens (tertiary/aromatic N) is 1. The van der Waals surface area contributed by atoms with Gasteiger partial charge in [-0.25, -0.2) is 9.18 Å². The summed E-state index contributed by atoms with van der Waals surface area (Å²) >= 11 is 0. The highest BCUT2D eigenvalue weighted by Gasteiger charge is 2.23. The zero-order valence-electron chi connectivity index (χ0n) is 17.5. The van der Waals surface area contributed by atoms with E-state index >= 15 is 0 Å². The van der Waals surface area contributed by atoms with Gasteiger partial charge in [0.05, 0.1) is 0 Å². The summed E-state index contributed by atoms with van der Waals surface area (Å²) in [5, 5.41) is 5.47. The molecule has 1 heterocycles. The van der Waals surface area contributed by atoms with Crippen molar-refractivity contribution in [3.63, 3.8) is 0 Å². The minimum absolute atomic E-state index is 0.191. The number of carbonyl (C=O) groups is 2. The van der Waals surface area contributed by atoms with Gasteiger partial charge < -0.3 is 15.5 Å². The van der Waals surface area contributed by atoms with E-state index < -0.39 is 5.82 Å². The Kier molecular flexibility index (Phi) is 7.82. The van der Waals surface area contributed by atoms with Crippen molar-refractivity contribution in [1.82, 2.24) is 10.2 Å². The molecular weight excluding hydrogens is 381 g/mol. The van der Waals surface area contributed by atoms with E-state index in [-0.39, 0.29) is 17.9 Å². The molecule has 6 heteroatoms. The van der Waals surface area contributed by atoms with Gasteiger partial charge in [-0.15, -0.1) is 0 Å². The number of amides is 3. The van der Waals surface area contributed by atoms with E-state index in [1.165, 1.54) is 23.3 Å². The molecule has 0 radical (unpaired) electrons. The molecule has 5 nitrogen and oxygen atoms in total. The molecule has 1 unspecified atom stereocenters. The number of urea groups is 1. The van der Waals surface area contributed by atoms with Crippen LogP contribution >= 0.6 is 0 Å². The standard InChI is InChI=1S/C24H30FN3O2/c1-18-10-12-19(13-11-18)5-2-9-23(29)28-14-4-6-20(17-28)16-26-24(30)27-22-8-3-7-21(25)15-22/h3,7-8,10-13,15,20H,2,4-6,9,14,16-17H2,1H3,(H2,26,27,30). The summed E-state index contributed by atoms with van der Waals surface area (Å²) < 4.78 is 13.2. The topological polar surface area (TPSA) is 61.4 Å². The van der Waals surface area contributed by atoms with Crippen molar-refractivity contribution >= 4 is 17.6 Å². The smallest absolute Gasteiger partial charge is 0.319 e. The number of nitrogens with one attached hydrogen (secondary N) is 2. The number of carbonyl (C=O) groups excluding carboxylic acids is 2. The maximum Gasteiger partial charge on any atom is 0.319 e. The quantitative estimate of drug-likeness (QED) is 0.704. The Morgan fingerprint density at radius 1 is 1.17 bits per heavy atom. The first-order valence-electron chi connectivity index (χ1n) is 10.6. The van der Waals surface area contributed by atoms with Crippen molar-refractivity contribution in [2.75, 3.05) is 25.0 Å². The zero-order chi connectivity index (χ0) is 21.3. The predicted octanol–water partition coefficient (Wildman–Crippen LogP) is 4.52. The molecule has 0 spiro atoms. The highest BCUT2D eigenvalue weighted by atomic mass is 19.1. The van der Waals surface area contributed by atoms with Crippen molar-refractivity contribution < 1.29 is 14.0 Å². The lowest BCUT2D eigenvalue weighted by Gasteiger charge is -2.33. The van der Waals surface area contributed by atoms with Gasteiger partial charge in [-0.1, -0.05) is 35.9 Å². The van der Waals surface area contributed by atoms with Crippen LogP contribution in [0.2, 0.25) is 0 Å². The fourth-order valence-corrected chi connectivity index (χ4v) is 3.79. The molecule has 30 heavy (non-hydrogen) atoms. The second kappa shape index (κ2) is 10.8. The molecule has 3 amide bonds. The number of hydrogen-bond donors (Lipinski definition) is 2. The van der Waals surface area contributed by atoms with Gasteiger partial charge >= 0.3 is 6.03 Å². The number of anilines is 1. The van der Waals surface area contributed by atoms with Crippen molar-refractivity contribution in [2.24, 2.45) is 5.92 Å². The highest BCUT2D eigenvalue weighted by molar-refractivity contribution is 5.89. The third-order valence-corrected chi connectivity index (χ3v) is 5.48. The minimum Gasteiger partial charge on any atom is -0.342 e. The lowest BCUT2D eigenvalue weighted by atomic mass is 9.97. The van der Waals surface area contributed by atoms with E-state index in [0.29, 0.717) is 25.2 Å². The molecule has 2 aromatic rings. The third kappa shape index (κ3) is 6.87. The van der Waals surface area contributed by atoms with Gasteiger partial charge in [-0.2, -0.15) is 0 Å². The van der Waals surface area contributed by atoms with E-state index in [0.717, 1.165) is 32.2 Å². The summed E-state index contributed by atoms with van der Waals surface area (Å²) in [4.78, 5) is 26.6. The molecular formula is C24H30FN3O2. The fraction of sp³-hybridized carbons (Fsp3) is 0.417. The zero-order valence-corrected chi connectivity index (χ0v) is 17.5. The Morgan fingerprint density at radius 2 is 1.97 bits per heavy atom. The Bertz CT molecular complexity index is 854. The Labute approximate surface area is 177 Å². The van der Waals surface area contributed by atoms with Gasteiger partial charge in [-0.05, 0) is 62.3 Å². The molecule has 1 aliphatic rings. The van der Waals surface area contributed by atoms with Crippen LogP contribution in [-0.4, -0.2) is 36.5 Å². The van der Waals surface area contributed by atoms with E-state index in [1.807, 2.05) is 4.90 Å². The van der Waals surface area contributed by atoms with Crippen LogP contribution in [0.1, 0.15) is 36.8 Å². The molecule has 1 saturated heterocycles. The highest BCUT2D eigenvalue weighted by Crippen LogP contribution is 2.18. The van der Waals surface area contributed by atoms with Crippen molar-refractivity contribution in [1.29, 1.82) is 0 Å². The molecule has 0 saturated carbocycles. The number of likely N-dealkylation sites (tertiary alicyclic amines) is 1. The Hall–Kier alpha value is -2.89. The van der Waals surface area contributed by atoms with Crippen molar-refractivity contribution in [3.05, 3.63) is 65.5 Å². The third-order valence-electron chi connectivity index (χ3n) is 5.48. The summed E-state index contributed by atoms with van der Waals surface area (Å²) in [6, 6.07) is 13.9. The molecule has 1 aliphatic heterocycles. The number of benzene rings is 2. The monoisotopic (exact) mass is 411 g/mol. The number of rotatable bonds is 7. The van der Waals surface area contributed by atoms with Crippen molar-refractivity contribution in [2.45, 2.75) is 39.0 Å². The van der Waals surface area contributed by atoms with Gasteiger partial charge in [0.25, 0.3) is 0 Å². The van der Waals surface area contributed by atoms with Crippen LogP contribution in [0.5, 0.6) is 0 Å². The lowest BCUT2D eigenvalue weighted by molar-refractivity contribution is -0.133. The maximum atomic E-state index is 13.2. The van der Waals surface area contributed by atoms with Crippen molar-refractivity contribution in [3.8, 4) is 0 Å². The molecule has 1 atom stereocenters.